The highest BCUT2D eigenvalue weighted by molar-refractivity contribution is 7.91. The number of hydrogen-bond acceptors (Lipinski definition) is 3. The molecule has 4 nitrogen and oxygen atoms in total. The summed E-state index contributed by atoms with van der Waals surface area (Å²) in [5.41, 5.74) is 0.486. The van der Waals surface area contributed by atoms with Crippen LogP contribution in [-0.2, 0) is 9.84 Å². The van der Waals surface area contributed by atoms with E-state index in [2.05, 4.69) is 5.32 Å². The molecule has 2 atom stereocenters. The molecule has 36 heavy (non-hydrogen) atoms. The van der Waals surface area contributed by atoms with Gasteiger partial charge in [0.2, 0.25) is 0 Å². The Bertz CT molecular complexity index is 1220. The molecule has 0 saturated carbocycles. The van der Waals surface area contributed by atoms with Gasteiger partial charge in [0.1, 0.15) is 5.75 Å². The van der Waals surface area contributed by atoms with E-state index in [4.69, 9.17) is 34.8 Å². The lowest BCUT2D eigenvalue weighted by Crippen LogP contribution is -2.39. The van der Waals surface area contributed by atoms with E-state index in [1.165, 1.54) is 55.5 Å². The summed E-state index contributed by atoms with van der Waals surface area (Å²) in [7, 11) is -4.50. The van der Waals surface area contributed by atoms with Gasteiger partial charge in [-0.25, -0.2) is 17.2 Å². The third-order valence-electron chi connectivity index (χ3n) is 4.77. The smallest absolute Gasteiger partial charge is 0.349 e. The summed E-state index contributed by atoms with van der Waals surface area (Å²) in [5.74, 6) is -8.28. The number of nitrogens with one attached hydrogen (secondary N) is 1. The first-order valence-electron chi connectivity index (χ1n) is 10.3. The maximum atomic E-state index is 14.3. The molecule has 0 aromatic heterocycles. The average molecular weight is 593 g/mol. The van der Waals surface area contributed by atoms with Crippen LogP contribution in [0.4, 0.5) is 22.0 Å². The zero-order chi connectivity index (χ0) is 27.5. The van der Waals surface area contributed by atoms with E-state index in [1.54, 1.807) is 0 Å². The number of allylic oxidation sites excluding steroid dienone is 1. The second-order valence-electron chi connectivity index (χ2n) is 8.28. The van der Waals surface area contributed by atoms with Crippen molar-refractivity contribution in [1.82, 2.24) is 5.32 Å². The molecule has 2 aromatic rings. The molecule has 0 aliphatic carbocycles. The van der Waals surface area contributed by atoms with Gasteiger partial charge in [-0.2, -0.15) is 13.2 Å². The number of rotatable bonds is 9. The van der Waals surface area contributed by atoms with Crippen molar-refractivity contribution in [3.63, 3.8) is 0 Å². The van der Waals surface area contributed by atoms with Gasteiger partial charge >= 0.3 is 6.18 Å². The molecule has 13 heteroatoms. The fraction of sp³-hybridized carbons (Fsp3) is 0.348. The monoisotopic (exact) mass is 591 g/mol. The van der Waals surface area contributed by atoms with Crippen molar-refractivity contribution in [2.24, 2.45) is 0 Å². The highest BCUT2D eigenvalue weighted by Crippen LogP contribution is 2.37. The first-order chi connectivity index (χ1) is 16.4. The van der Waals surface area contributed by atoms with Crippen LogP contribution in [0.15, 0.2) is 42.5 Å². The number of benzene rings is 2. The van der Waals surface area contributed by atoms with Crippen molar-refractivity contribution in [3.05, 3.63) is 74.2 Å². The first kappa shape index (κ1) is 30.3. The van der Waals surface area contributed by atoms with Gasteiger partial charge in [-0.15, -0.1) is 0 Å². The second kappa shape index (κ2) is 11.7. The molecule has 0 heterocycles. The number of carbonyl (C=O) groups excluding carboxylic acids is 1. The molecule has 1 amide bonds. The topological polar surface area (TPSA) is 63.2 Å². The summed E-state index contributed by atoms with van der Waals surface area (Å²) >= 11 is 18.0. The lowest BCUT2D eigenvalue weighted by atomic mass is 9.92. The van der Waals surface area contributed by atoms with Crippen molar-refractivity contribution < 1.29 is 35.2 Å². The number of carbonyl (C=O) groups is 1. The average Bonchev–Trinajstić information content (AvgIpc) is 2.63. The zero-order valence-electron chi connectivity index (χ0n) is 18.8. The highest BCUT2D eigenvalue weighted by atomic mass is 35.5. The van der Waals surface area contributed by atoms with Crippen LogP contribution in [0.3, 0.4) is 0 Å². The van der Waals surface area contributed by atoms with Crippen LogP contribution in [0.25, 0.3) is 6.08 Å². The molecule has 0 saturated heterocycles. The van der Waals surface area contributed by atoms with E-state index in [9.17, 15) is 35.2 Å². The fourth-order valence-corrected chi connectivity index (χ4v) is 5.67. The van der Waals surface area contributed by atoms with Crippen molar-refractivity contribution in [2.45, 2.75) is 37.9 Å². The van der Waals surface area contributed by atoms with Gasteiger partial charge in [-0.05, 0) is 48.4 Å². The van der Waals surface area contributed by atoms with Crippen LogP contribution in [0.1, 0.15) is 41.3 Å². The molecular weight excluding hydrogens is 572 g/mol. The molecular formula is C23H21Cl3F5NO3S. The Kier molecular flexibility index (Phi) is 9.83. The van der Waals surface area contributed by atoms with Crippen LogP contribution in [0.2, 0.25) is 15.1 Å². The maximum absolute atomic E-state index is 14.3. The van der Waals surface area contributed by atoms with Crippen LogP contribution in [-0.4, -0.2) is 44.0 Å². The molecule has 0 bridgehead atoms. The van der Waals surface area contributed by atoms with E-state index in [0.29, 0.717) is 5.56 Å². The Labute approximate surface area is 220 Å². The maximum Gasteiger partial charge on any atom is 0.402 e. The normalized spacial score (nSPS) is 14.6. The van der Waals surface area contributed by atoms with Gasteiger partial charge in [0, 0.05) is 23.0 Å². The Morgan fingerprint density at radius 3 is 2.11 bits per heavy atom. The molecule has 2 rings (SSSR count). The van der Waals surface area contributed by atoms with Crippen molar-refractivity contribution >= 4 is 56.6 Å². The quantitative estimate of drug-likeness (QED) is 0.314. The Morgan fingerprint density at radius 2 is 1.61 bits per heavy atom. The van der Waals surface area contributed by atoms with E-state index in [-0.39, 0.29) is 26.2 Å². The Morgan fingerprint density at radius 1 is 1.03 bits per heavy atom. The number of alkyl halides is 5. The number of halogens is 8. The molecule has 0 aliphatic rings. The Hall–Kier alpha value is -1.88. The summed E-state index contributed by atoms with van der Waals surface area (Å²) in [6.07, 6.45) is -2.28. The van der Waals surface area contributed by atoms with Gasteiger partial charge in [0.25, 0.3) is 11.8 Å². The lowest BCUT2D eigenvalue weighted by Gasteiger charge is -2.21. The largest absolute Gasteiger partial charge is 0.402 e. The predicted octanol–water partition coefficient (Wildman–Crippen LogP) is 7.19. The van der Waals surface area contributed by atoms with E-state index >= 15 is 0 Å². The number of sulfone groups is 1. The third-order valence-corrected chi connectivity index (χ3v) is 7.30. The van der Waals surface area contributed by atoms with E-state index < -0.39 is 51.3 Å². The van der Waals surface area contributed by atoms with Crippen LogP contribution in [0, 0.1) is 0 Å². The first-order valence-corrected chi connectivity index (χ1v) is 13.2. The zero-order valence-corrected chi connectivity index (χ0v) is 21.9. The highest BCUT2D eigenvalue weighted by Gasteiger charge is 2.36. The third kappa shape index (κ3) is 9.53. The SMILES string of the molecule is CC(CS(=O)(=O)CC(F)(F)F)NC(=O)c1ccc(/C=C/C(c2cc(Cl)cc(Cl)c2)C(C)(F)F)cc1Cl. The van der Waals surface area contributed by atoms with Crippen molar-refractivity contribution in [2.75, 3.05) is 11.5 Å². The van der Waals surface area contributed by atoms with Gasteiger partial charge in [0.05, 0.1) is 22.3 Å². The standard InChI is InChI=1S/C23H21Cl3F5NO3S/c1-13(11-36(34,35)12-23(29,30)31)32-21(33)18-5-3-14(7-20(18)26)4-6-19(22(2,27)28)15-8-16(24)10-17(25)9-15/h3-10,13,19H,11-12H2,1-2H3,(H,32,33)/b6-4+. The molecule has 0 spiro atoms. The molecule has 0 aliphatic heterocycles. The summed E-state index contributed by atoms with van der Waals surface area (Å²) in [5, 5.41) is 2.60. The van der Waals surface area contributed by atoms with Gasteiger partial charge < -0.3 is 5.32 Å². The van der Waals surface area contributed by atoms with Gasteiger partial charge in [-0.3, -0.25) is 4.79 Å². The van der Waals surface area contributed by atoms with Gasteiger partial charge in [-0.1, -0.05) is 53.0 Å². The minimum atomic E-state index is -4.89. The minimum Gasteiger partial charge on any atom is -0.349 e. The molecule has 0 radical (unpaired) electrons. The summed E-state index contributed by atoms with van der Waals surface area (Å²) < 4.78 is 89.1. The number of hydrogen-bond donors (Lipinski definition) is 1. The molecule has 2 unspecified atom stereocenters. The number of amides is 1. The van der Waals surface area contributed by atoms with E-state index in [0.717, 1.165) is 6.92 Å². The fourth-order valence-electron chi connectivity index (χ4n) is 3.39. The van der Waals surface area contributed by atoms with Gasteiger partial charge in [0.15, 0.2) is 9.84 Å². The minimum absolute atomic E-state index is 0.0760. The van der Waals surface area contributed by atoms with Crippen LogP contribution >= 0.6 is 34.8 Å². The predicted molar refractivity (Wildman–Crippen MR) is 132 cm³/mol. The summed E-state index contributed by atoms with van der Waals surface area (Å²) in [6, 6.07) is 7.05. The van der Waals surface area contributed by atoms with E-state index in [1.807, 2.05) is 0 Å². The molecule has 198 valence electrons. The second-order valence-corrected chi connectivity index (χ2v) is 11.7. The Balaban J connectivity index is 2.18. The molecule has 0 fully saturated rings. The van der Waals surface area contributed by atoms with Crippen LogP contribution in [0.5, 0.6) is 0 Å². The molecule has 1 N–H and O–H groups in total. The molecule has 2 aromatic carbocycles. The lowest BCUT2D eigenvalue weighted by molar-refractivity contribution is -0.106. The van der Waals surface area contributed by atoms with Crippen molar-refractivity contribution in [1.29, 1.82) is 0 Å². The van der Waals surface area contributed by atoms with Crippen molar-refractivity contribution in [3.8, 4) is 0 Å². The summed E-state index contributed by atoms with van der Waals surface area (Å²) in [6.45, 7) is 1.98. The van der Waals surface area contributed by atoms with Crippen LogP contribution < -0.4 is 5.32 Å². The summed E-state index contributed by atoms with van der Waals surface area (Å²) in [4.78, 5) is 12.4.